The molecule has 102 valence electrons. The number of nitrogens with zero attached hydrogens (tertiary/aromatic N) is 1. The van der Waals surface area contributed by atoms with E-state index in [4.69, 9.17) is 4.74 Å². The van der Waals surface area contributed by atoms with Crippen LogP contribution in [0.25, 0.3) is 0 Å². The summed E-state index contributed by atoms with van der Waals surface area (Å²) in [6.07, 6.45) is 7.17. The molecular weight excluding hydrogens is 224 g/mol. The molecule has 18 heavy (non-hydrogen) atoms. The van der Waals surface area contributed by atoms with Crippen molar-refractivity contribution in [3.8, 4) is 6.07 Å². The lowest BCUT2D eigenvalue weighted by atomic mass is 9.80. The average Bonchev–Trinajstić information content (AvgIpc) is 2.78. The molecule has 2 fully saturated rings. The summed E-state index contributed by atoms with van der Waals surface area (Å²) in [4.78, 5) is 0. The highest BCUT2D eigenvalue weighted by Crippen LogP contribution is 2.36. The van der Waals surface area contributed by atoms with E-state index in [1.807, 2.05) is 7.05 Å². The minimum absolute atomic E-state index is 0.280. The SMILES string of the molecule is CNC1(C#N)CCC(OC2CCC(C)C(C)C2)C1. The molecule has 0 aromatic carbocycles. The maximum atomic E-state index is 9.25. The maximum absolute atomic E-state index is 9.25. The maximum Gasteiger partial charge on any atom is 0.109 e. The Hall–Kier alpha value is -0.590. The molecule has 2 aliphatic rings. The van der Waals surface area contributed by atoms with Crippen LogP contribution in [0.2, 0.25) is 0 Å². The molecule has 1 N–H and O–H groups in total. The van der Waals surface area contributed by atoms with Gasteiger partial charge in [-0.3, -0.25) is 0 Å². The molecule has 0 aromatic rings. The minimum atomic E-state index is -0.335. The fourth-order valence-electron chi connectivity index (χ4n) is 3.39. The summed E-state index contributed by atoms with van der Waals surface area (Å²) < 4.78 is 6.24. The predicted octanol–water partition coefficient (Wildman–Crippen LogP) is 2.86. The van der Waals surface area contributed by atoms with Gasteiger partial charge in [-0.25, -0.2) is 0 Å². The third kappa shape index (κ3) is 2.87. The standard InChI is InChI=1S/C15H26N2O/c1-11-4-5-13(8-12(11)2)18-14-6-7-15(9-14,10-16)17-3/h11-14,17H,4-9H2,1-3H3. The second kappa shape index (κ2) is 5.59. The molecule has 0 heterocycles. The Labute approximate surface area is 111 Å². The fourth-order valence-corrected chi connectivity index (χ4v) is 3.39. The topological polar surface area (TPSA) is 45.0 Å². The molecule has 5 unspecified atom stereocenters. The van der Waals surface area contributed by atoms with Crippen molar-refractivity contribution in [1.82, 2.24) is 5.32 Å². The Morgan fingerprint density at radius 1 is 1.17 bits per heavy atom. The van der Waals surface area contributed by atoms with Gasteiger partial charge < -0.3 is 10.1 Å². The van der Waals surface area contributed by atoms with E-state index in [1.165, 1.54) is 19.3 Å². The van der Waals surface area contributed by atoms with Crippen molar-refractivity contribution in [3.63, 3.8) is 0 Å². The number of nitrogens with one attached hydrogen (secondary N) is 1. The Bertz CT molecular complexity index is 325. The van der Waals surface area contributed by atoms with Crippen molar-refractivity contribution in [2.45, 2.75) is 70.1 Å². The van der Waals surface area contributed by atoms with E-state index < -0.39 is 0 Å². The Kier molecular flexibility index (Phi) is 4.29. The monoisotopic (exact) mass is 250 g/mol. The second-order valence-electron chi connectivity index (χ2n) is 6.33. The van der Waals surface area contributed by atoms with Gasteiger partial charge in [0, 0.05) is 6.42 Å². The van der Waals surface area contributed by atoms with Crippen LogP contribution in [-0.4, -0.2) is 24.8 Å². The fraction of sp³-hybridized carbons (Fsp3) is 0.933. The molecule has 5 atom stereocenters. The Morgan fingerprint density at radius 3 is 2.50 bits per heavy atom. The van der Waals surface area contributed by atoms with Crippen LogP contribution in [0.1, 0.15) is 52.4 Å². The lowest BCUT2D eigenvalue weighted by Crippen LogP contribution is -2.39. The number of rotatable bonds is 3. The van der Waals surface area contributed by atoms with E-state index in [1.54, 1.807) is 0 Å². The van der Waals surface area contributed by atoms with Crippen LogP contribution >= 0.6 is 0 Å². The highest BCUT2D eigenvalue weighted by Gasteiger charge is 2.40. The van der Waals surface area contributed by atoms with Crippen molar-refractivity contribution < 1.29 is 4.74 Å². The summed E-state index contributed by atoms with van der Waals surface area (Å²) in [6.45, 7) is 4.68. The third-order valence-electron chi connectivity index (χ3n) is 5.10. The first-order chi connectivity index (χ1) is 8.58. The number of ether oxygens (including phenoxy) is 1. The van der Waals surface area contributed by atoms with E-state index >= 15 is 0 Å². The molecule has 3 nitrogen and oxygen atoms in total. The van der Waals surface area contributed by atoms with Gasteiger partial charge in [0.1, 0.15) is 5.54 Å². The highest BCUT2D eigenvalue weighted by molar-refractivity contribution is 5.11. The van der Waals surface area contributed by atoms with Gasteiger partial charge in [-0.1, -0.05) is 13.8 Å². The van der Waals surface area contributed by atoms with Crippen molar-refractivity contribution in [2.75, 3.05) is 7.05 Å². The second-order valence-corrected chi connectivity index (χ2v) is 6.33. The first kappa shape index (κ1) is 13.8. The summed E-state index contributed by atoms with van der Waals surface area (Å²) in [6, 6.07) is 2.42. The molecule has 0 amide bonds. The van der Waals surface area contributed by atoms with Gasteiger partial charge in [-0.15, -0.1) is 0 Å². The number of hydrogen-bond acceptors (Lipinski definition) is 3. The van der Waals surface area contributed by atoms with Crippen LogP contribution < -0.4 is 5.32 Å². The van der Waals surface area contributed by atoms with Gasteiger partial charge in [-0.05, 0) is 51.0 Å². The van der Waals surface area contributed by atoms with Crippen molar-refractivity contribution in [1.29, 1.82) is 5.26 Å². The summed E-state index contributed by atoms with van der Waals surface area (Å²) in [7, 11) is 1.88. The minimum Gasteiger partial charge on any atom is -0.375 e. The zero-order valence-electron chi connectivity index (χ0n) is 11.9. The zero-order valence-corrected chi connectivity index (χ0v) is 11.9. The van der Waals surface area contributed by atoms with E-state index in [9.17, 15) is 5.26 Å². The van der Waals surface area contributed by atoms with Gasteiger partial charge in [-0.2, -0.15) is 5.26 Å². The molecule has 0 aliphatic heterocycles. The van der Waals surface area contributed by atoms with Gasteiger partial charge in [0.15, 0.2) is 0 Å². The predicted molar refractivity (Wildman–Crippen MR) is 72.1 cm³/mol. The molecule has 2 aliphatic carbocycles. The average molecular weight is 250 g/mol. The van der Waals surface area contributed by atoms with Gasteiger partial charge in [0.25, 0.3) is 0 Å². The molecule has 0 aromatic heterocycles. The normalized spacial score (nSPS) is 44.8. The van der Waals surface area contributed by atoms with E-state index in [2.05, 4.69) is 25.2 Å². The van der Waals surface area contributed by atoms with Crippen LogP contribution in [0.4, 0.5) is 0 Å². The molecule has 2 rings (SSSR count). The molecule has 0 saturated heterocycles. The highest BCUT2D eigenvalue weighted by atomic mass is 16.5. The molecular formula is C15H26N2O. The first-order valence-corrected chi connectivity index (χ1v) is 7.34. The van der Waals surface area contributed by atoms with E-state index in [0.717, 1.165) is 31.1 Å². The van der Waals surface area contributed by atoms with E-state index in [-0.39, 0.29) is 11.6 Å². The van der Waals surface area contributed by atoms with E-state index in [0.29, 0.717) is 6.10 Å². The summed E-state index contributed by atoms with van der Waals surface area (Å²) in [5, 5.41) is 12.4. The van der Waals surface area contributed by atoms with Crippen molar-refractivity contribution in [3.05, 3.63) is 0 Å². The molecule has 0 spiro atoms. The van der Waals surface area contributed by atoms with Crippen molar-refractivity contribution in [2.24, 2.45) is 11.8 Å². The van der Waals surface area contributed by atoms with Crippen LogP contribution in [0, 0.1) is 23.2 Å². The Morgan fingerprint density at radius 2 is 1.94 bits per heavy atom. The third-order valence-corrected chi connectivity index (χ3v) is 5.10. The molecule has 3 heteroatoms. The smallest absolute Gasteiger partial charge is 0.109 e. The first-order valence-electron chi connectivity index (χ1n) is 7.34. The quantitative estimate of drug-likeness (QED) is 0.837. The number of hydrogen-bond donors (Lipinski definition) is 1. The van der Waals surface area contributed by atoms with Crippen LogP contribution in [0.15, 0.2) is 0 Å². The molecule has 0 radical (unpaired) electrons. The largest absolute Gasteiger partial charge is 0.375 e. The lowest BCUT2D eigenvalue weighted by Gasteiger charge is -2.33. The zero-order chi connectivity index (χ0) is 13.2. The lowest BCUT2D eigenvalue weighted by molar-refractivity contribution is -0.0454. The molecule has 2 saturated carbocycles. The number of nitriles is 1. The summed E-state index contributed by atoms with van der Waals surface area (Å²) >= 11 is 0. The Balaban J connectivity index is 1.84. The summed E-state index contributed by atoms with van der Waals surface area (Å²) in [5.74, 6) is 1.61. The van der Waals surface area contributed by atoms with Crippen LogP contribution in [-0.2, 0) is 4.74 Å². The van der Waals surface area contributed by atoms with Crippen LogP contribution in [0.3, 0.4) is 0 Å². The summed E-state index contributed by atoms with van der Waals surface area (Å²) in [5.41, 5.74) is -0.335. The van der Waals surface area contributed by atoms with Gasteiger partial charge >= 0.3 is 0 Å². The van der Waals surface area contributed by atoms with Gasteiger partial charge in [0.05, 0.1) is 18.3 Å². The van der Waals surface area contributed by atoms with Crippen LogP contribution in [0.5, 0.6) is 0 Å². The molecule has 0 bridgehead atoms. The van der Waals surface area contributed by atoms with Gasteiger partial charge in [0.2, 0.25) is 0 Å². The van der Waals surface area contributed by atoms with Crippen molar-refractivity contribution >= 4 is 0 Å².